The van der Waals surface area contributed by atoms with E-state index in [-0.39, 0.29) is 13.1 Å². The number of carbonyl (C=O) groups is 1. The first-order valence-corrected chi connectivity index (χ1v) is 8.89. The summed E-state index contributed by atoms with van der Waals surface area (Å²) in [7, 11) is 1.40. The lowest BCUT2D eigenvalue weighted by Gasteiger charge is -2.18. The van der Waals surface area contributed by atoms with Crippen LogP contribution in [0, 0.1) is 13.8 Å². The van der Waals surface area contributed by atoms with Crippen LogP contribution in [0.3, 0.4) is 0 Å². The van der Waals surface area contributed by atoms with Gasteiger partial charge in [0.2, 0.25) is 0 Å². The SMILES string of the molecule is Cc1nc(C)n(Cc2cccc(NC(=O)NCCCN(C)CC(F)(F)F)c2)n1. The first-order chi connectivity index (χ1) is 13.1. The number of hydrogen-bond acceptors (Lipinski definition) is 4. The number of aromatic nitrogens is 3. The van der Waals surface area contributed by atoms with Crippen LogP contribution in [0.15, 0.2) is 24.3 Å². The molecule has 0 saturated carbocycles. The molecule has 0 fully saturated rings. The molecule has 0 spiro atoms. The summed E-state index contributed by atoms with van der Waals surface area (Å²) in [5.41, 5.74) is 1.58. The smallest absolute Gasteiger partial charge is 0.338 e. The Labute approximate surface area is 161 Å². The molecule has 0 aliphatic carbocycles. The van der Waals surface area contributed by atoms with Gasteiger partial charge in [0.05, 0.1) is 13.1 Å². The van der Waals surface area contributed by atoms with Crippen LogP contribution in [-0.2, 0) is 6.54 Å². The predicted octanol–water partition coefficient (Wildman–Crippen LogP) is 2.95. The molecule has 0 bridgehead atoms. The van der Waals surface area contributed by atoms with Gasteiger partial charge in [-0.25, -0.2) is 14.5 Å². The minimum atomic E-state index is -4.21. The number of anilines is 1. The fourth-order valence-corrected chi connectivity index (χ4v) is 2.74. The lowest BCUT2D eigenvalue weighted by Crippen LogP contribution is -2.34. The van der Waals surface area contributed by atoms with E-state index in [9.17, 15) is 18.0 Å². The van der Waals surface area contributed by atoms with Crippen molar-refractivity contribution < 1.29 is 18.0 Å². The highest BCUT2D eigenvalue weighted by Gasteiger charge is 2.28. The highest BCUT2D eigenvalue weighted by atomic mass is 19.4. The van der Waals surface area contributed by atoms with Crippen molar-refractivity contribution in [2.75, 3.05) is 32.0 Å². The van der Waals surface area contributed by atoms with Crippen molar-refractivity contribution in [3.8, 4) is 0 Å². The molecule has 1 aromatic carbocycles. The zero-order chi connectivity index (χ0) is 20.7. The molecule has 10 heteroatoms. The maximum Gasteiger partial charge on any atom is 0.401 e. The number of amides is 2. The van der Waals surface area contributed by atoms with Crippen molar-refractivity contribution >= 4 is 11.7 Å². The monoisotopic (exact) mass is 398 g/mol. The quantitative estimate of drug-likeness (QED) is 0.671. The van der Waals surface area contributed by atoms with Crippen LogP contribution >= 0.6 is 0 Å². The van der Waals surface area contributed by atoms with E-state index in [0.29, 0.717) is 24.5 Å². The number of aryl methyl sites for hydroxylation is 2. The fraction of sp³-hybridized carbons (Fsp3) is 0.500. The van der Waals surface area contributed by atoms with E-state index in [1.165, 1.54) is 11.9 Å². The number of hydrogen-bond donors (Lipinski definition) is 2. The van der Waals surface area contributed by atoms with Crippen LogP contribution in [0.1, 0.15) is 23.6 Å². The molecule has 7 nitrogen and oxygen atoms in total. The Kier molecular flexibility index (Phi) is 7.38. The molecule has 0 aliphatic rings. The van der Waals surface area contributed by atoms with Crippen molar-refractivity contribution in [3.05, 3.63) is 41.5 Å². The van der Waals surface area contributed by atoms with Crippen LogP contribution in [0.4, 0.5) is 23.7 Å². The van der Waals surface area contributed by atoms with Crippen LogP contribution < -0.4 is 10.6 Å². The number of benzene rings is 1. The molecule has 0 atom stereocenters. The van der Waals surface area contributed by atoms with E-state index in [1.807, 2.05) is 32.0 Å². The van der Waals surface area contributed by atoms with E-state index in [2.05, 4.69) is 20.7 Å². The van der Waals surface area contributed by atoms with Gasteiger partial charge in [-0.05, 0) is 51.6 Å². The van der Waals surface area contributed by atoms with Gasteiger partial charge in [0, 0.05) is 12.2 Å². The molecule has 2 aromatic rings. The Morgan fingerprint density at radius 1 is 1.29 bits per heavy atom. The molecule has 0 unspecified atom stereocenters. The highest BCUT2D eigenvalue weighted by molar-refractivity contribution is 5.89. The van der Waals surface area contributed by atoms with Crippen molar-refractivity contribution in [3.63, 3.8) is 0 Å². The third kappa shape index (κ3) is 7.55. The summed E-state index contributed by atoms with van der Waals surface area (Å²) in [6, 6.07) is 6.96. The molecule has 154 valence electrons. The lowest BCUT2D eigenvalue weighted by molar-refractivity contribution is -0.143. The molecule has 2 N–H and O–H groups in total. The molecule has 0 radical (unpaired) electrons. The molecule has 1 aromatic heterocycles. The maximum atomic E-state index is 12.2. The van der Waals surface area contributed by atoms with E-state index in [1.54, 1.807) is 10.7 Å². The Hall–Kier alpha value is -2.62. The molecular formula is C18H25F3N6O. The number of nitrogens with zero attached hydrogens (tertiary/aromatic N) is 4. The van der Waals surface area contributed by atoms with Crippen molar-refractivity contribution in [1.82, 2.24) is 25.0 Å². The number of carbonyl (C=O) groups excluding carboxylic acids is 1. The molecule has 0 saturated heterocycles. The Morgan fingerprint density at radius 3 is 2.68 bits per heavy atom. The molecule has 1 heterocycles. The first-order valence-electron chi connectivity index (χ1n) is 8.89. The van der Waals surface area contributed by atoms with Crippen LogP contribution in [0.5, 0.6) is 0 Å². The number of halogens is 3. The standard InChI is InChI=1S/C18H25F3N6O/c1-13-23-14(2)27(25-13)11-15-6-4-7-16(10-15)24-17(28)22-8-5-9-26(3)12-18(19,20)21/h4,6-7,10H,5,8-9,11-12H2,1-3H3,(H2,22,24,28). The summed E-state index contributed by atoms with van der Waals surface area (Å²) in [4.78, 5) is 17.4. The topological polar surface area (TPSA) is 75.1 Å². The Balaban J connectivity index is 1.77. The summed E-state index contributed by atoms with van der Waals surface area (Å²) < 4.78 is 38.5. The second-order valence-electron chi connectivity index (χ2n) is 6.65. The minimum Gasteiger partial charge on any atom is -0.338 e. The van der Waals surface area contributed by atoms with Gasteiger partial charge in [0.1, 0.15) is 11.6 Å². The van der Waals surface area contributed by atoms with Gasteiger partial charge in [-0.15, -0.1) is 0 Å². The largest absolute Gasteiger partial charge is 0.401 e. The lowest BCUT2D eigenvalue weighted by atomic mass is 10.2. The zero-order valence-corrected chi connectivity index (χ0v) is 16.2. The normalized spacial score (nSPS) is 11.7. The Bertz CT molecular complexity index is 790. The predicted molar refractivity (Wildman–Crippen MR) is 100 cm³/mol. The molecule has 0 aliphatic heterocycles. The Morgan fingerprint density at radius 2 is 2.04 bits per heavy atom. The van der Waals surface area contributed by atoms with Crippen LogP contribution in [0.2, 0.25) is 0 Å². The van der Waals surface area contributed by atoms with Crippen LogP contribution in [0.25, 0.3) is 0 Å². The van der Waals surface area contributed by atoms with Gasteiger partial charge in [-0.2, -0.15) is 18.3 Å². The third-order valence-corrected chi connectivity index (χ3v) is 3.93. The second kappa shape index (κ2) is 9.54. The van der Waals surface area contributed by atoms with E-state index in [0.717, 1.165) is 11.4 Å². The van der Waals surface area contributed by atoms with Gasteiger partial charge >= 0.3 is 12.2 Å². The highest BCUT2D eigenvalue weighted by Crippen LogP contribution is 2.15. The third-order valence-electron chi connectivity index (χ3n) is 3.93. The maximum absolute atomic E-state index is 12.2. The molecular weight excluding hydrogens is 373 g/mol. The van der Waals surface area contributed by atoms with E-state index in [4.69, 9.17) is 0 Å². The minimum absolute atomic E-state index is 0.242. The average molecular weight is 398 g/mol. The number of rotatable bonds is 8. The van der Waals surface area contributed by atoms with E-state index < -0.39 is 18.8 Å². The first kappa shape index (κ1) is 21.7. The summed E-state index contributed by atoms with van der Waals surface area (Å²) in [5, 5.41) is 9.68. The number of nitrogens with one attached hydrogen (secondary N) is 2. The fourth-order valence-electron chi connectivity index (χ4n) is 2.74. The summed E-state index contributed by atoms with van der Waals surface area (Å²) >= 11 is 0. The van der Waals surface area contributed by atoms with Crippen molar-refractivity contribution in [1.29, 1.82) is 0 Å². The van der Waals surface area contributed by atoms with Crippen LogP contribution in [-0.4, -0.2) is 58.6 Å². The molecule has 2 rings (SSSR count). The number of alkyl halides is 3. The summed E-state index contributed by atoms with van der Waals surface area (Å²) in [6.45, 7) is 3.80. The van der Waals surface area contributed by atoms with Gasteiger partial charge in [-0.1, -0.05) is 12.1 Å². The number of urea groups is 1. The van der Waals surface area contributed by atoms with Gasteiger partial charge in [0.15, 0.2) is 0 Å². The molecule has 2 amide bonds. The average Bonchev–Trinajstić information content (AvgIpc) is 2.87. The van der Waals surface area contributed by atoms with Gasteiger partial charge in [-0.3, -0.25) is 4.90 Å². The van der Waals surface area contributed by atoms with Gasteiger partial charge < -0.3 is 10.6 Å². The van der Waals surface area contributed by atoms with Gasteiger partial charge in [0.25, 0.3) is 0 Å². The van der Waals surface area contributed by atoms with E-state index >= 15 is 0 Å². The summed E-state index contributed by atoms with van der Waals surface area (Å²) in [5.74, 6) is 1.51. The zero-order valence-electron chi connectivity index (χ0n) is 16.2. The second-order valence-corrected chi connectivity index (χ2v) is 6.65. The summed E-state index contributed by atoms with van der Waals surface area (Å²) in [6.07, 6.45) is -3.79. The van der Waals surface area contributed by atoms with Crippen molar-refractivity contribution in [2.24, 2.45) is 0 Å². The van der Waals surface area contributed by atoms with Crippen molar-refractivity contribution in [2.45, 2.75) is 33.0 Å². The molecule has 28 heavy (non-hydrogen) atoms.